The van der Waals surface area contributed by atoms with E-state index in [2.05, 4.69) is 19.9 Å². The van der Waals surface area contributed by atoms with Gasteiger partial charge in [-0.1, -0.05) is 32.1 Å². The lowest BCUT2D eigenvalue weighted by Crippen LogP contribution is -2.43. The molecule has 1 aliphatic rings. The highest BCUT2D eigenvalue weighted by molar-refractivity contribution is 5.92. The summed E-state index contributed by atoms with van der Waals surface area (Å²) in [4.78, 5) is 15.8. The molecule has 0 radical (unpaired) electrons. The summed E-state index contributed by atoms with van der Waals surface area (Å²) < 4.78 is 0. The Morgan fingerprint density at radius 1 is 1.35 bits per heavy atom. The standard InChI is InChI=1S/C19H26N2O2/c1-3-18(2,19(12-14-22)10-4-13-21-19)11-9-15-5-7-16(8-6-15)17(20)23/h4-8,10,13,22H,3,9,11-12,14H2,1-2H3,(H2,20,23). The van der Waals surface area contributed by atoms with E-state index < -0.39 is 5.91 Å². The van der Waals surface area contributed by atoms with Gasteiger partial charge in [-0.15, -0.1) is 0 Å². The molecule has 0 aromatic heterocycles. The third kappa shape index (κ3) is 3.53. The summed E-state index contributed by atoms with van der Waals surface area (Å²) in [5, 5.41) is 9.47. The van der Waals surface area contributed by atoms with Gasteiger partial charge in [0.25, 0.3) is 0 Å². The molecule has 2 rings (SSSR count). The quantitative estimate of drug-likeness (QED) is 0.774. The Morgan fingerprint density at radius 3 is 2.52 bits per heavy atom. The van der Waals surface area contributed by atoms with Crippen LogP contribution in [-0.4, -0.2) is 29.4 Å². The molecule has 0 bridgehead atoms. The largest absolute Gasteiger partial charge is 0.396 e. The normalized spacial score (nSPS) is 22.2. The van der Waals surface area contributed by atoms with Crippen LogP contribution < -0.4 is 5.73 Å². The third-order valence-corrected chi connectivity index (χ3v) is 5.29. The molecular weight excluding hydrogens is 288 g/mol. The molecule has 0 saturated carbocycles. The lowest BCUT2D eigenvalue weighted by Gasteiger charge is -2.43. The van der Waals surface area contributed by atoms with Gasteiger partial charge in [-0.3, -0.25) is 9.79 Å². The fraction of sp³-hybridized carbons (Fsp3) is 0.474. The number of carbonyl (C=O) groups is 1. The highest BCUT2D eigenvalue weighted by Gasteiger charge is 2.45. The summed E-state index contributed by atoms with van der Waals surface area (Å²) in [6, 6.07) is 7.47. The zero-order valence-corrected chi connectivity index (χ0v) is 14.0. The molecule has 0 aliphatic carbocycles. The van der Waals surface area contributed by atoms with E-state index in [0.29, 0.717) is 12.0 Å². The van der Waals surface area contributed by atoms with Crippen molar-refractivity contribution in [2.24, 2.45) is 16.1 Å². The van der Waals surface area contributed by atoms with Gasteiger partial charge in [0.05, 0.1) is 5.54 Å². The van der Waals surface area contributed by atoms with Crippen LogP contribution in [0.4, 0.5) is 0 Å². The number of carbonyl (C=O) groups excluding carboxylic acids is 1. The van der Waals surface area contributed by atoms with Gasteiger partial charge in [-0.25, -0.2) is 0 Å². The molecule has 1 aliphatic heterocycles. The van der Waals surface area contributed by atoms with Crippen molar-refractivity contribution in [3.05, 3.63) is 47.5 Å². The Morgan fingerprint density at radius 2 is 2.04 bits per heavy atom. The van der Waals surface area contributed by atoms with Crippen molar-refractivity contribution < 1.29 is 9.90 Å². The smallest absolute Gasteiger partial charge is 0.248 e. The van der Waals surface area contributed by atoms with Gasteiger partial charge < -0.3 is 10.8 Å². The van der Waals surface area contributed by atoms with Gasteiger partial charge in [0.2, 0.25) is 5.91 Å². The van der Waals surface area contributed by atoms with Gasteiger partial charge in [-0.2, -0.15) is 0 Å². The third-order valence-electron chi connectivity index (χ3n) is 5.29. The minimum Gasteiger partial charge on any atom is -0.396 e. The number of aliphatic hydroxyl groups excluding tert-OH is 1. The maximum absolute atomic E-state index is 11.1. The van der Waals surface area contributed by atoms with Crippen molar-refractivity contribution >= 4 is 12.1 Å². The van der Waals surface area contributed by atoms with E-state index in [9.17, 15) is 9.90 Å². The molecular formula is C19H26N2O2. The minimum atomic E-state index is -0.401. The Hall–Kier alpha value is -1.94. The van der Waals surface area contributed by atoms with Crippen molar-refractivity contribution in [3.63, 3.8) is 0 Å². The van der Waals surface area contributed by atoms with E-state index in [-0.39, 0.29) is 17.6 Å². The van der Waals surface area contributed by atoms with Crippen LogP contribution in [0.3, 0.4) is 0 Å². The fourth-order valence-electron chi connectivity index (χ4n) is 3.35. The number of amides is 1. The molecule has 23 heavy (non-hydrogen) atoms. The number of benzene rings is 1. The lowest BCUT2D eigenvalue weighted by molar-refractivity contribution is 0.100. The predicted octanol–water partition coefficient (Wildman–Crippen LogP) is 2.90. The van der Waals surface area contributed by atoms with Crippen LogP contribution in [0.15, 0.2) is 41.4 Å². The molecule has 1 heterocycles. The maximum atomic E-state index is 11.1. The van der Waals surface area contributed by atoms with Crippen LogP contribution in [-0.2, 0) is 6.42 Å². The maximum Gasteiger partial charge on any atom is 0.248 e. The van der Waals surface area contributed by atoms with Crippen LogP contribution in [0.25, 0.3) is 0 Å². The second-order valence-corrected chi connectivity index (χ2v) is 6.51. The first-order valence-electron chi connectivity index (χ1n) is 8.19. The summed E-state index contributed by atoms with van der Waals surface area (Å²) in [5.41, 5.74) is 6.65. The molecule has 2 unspecified atom stereocenters. The van der Waals surface area contributed by atoms with Crippen molar-refractivity contribution in [2.45, 2.75) is 45.1 Å². The molecule has 124 valence electrons. The van der Waals surface area contributed by atoms with Gasteiger partial charge in [-0.05, 0) is 54.9 Å². The van der Waals surface area contributed by atoms with Crippen molar-refractivity contribution in [2.75, 3.05) is 6.61 Å². The molecule has 0 spiro atoms. The molecule has 1 aromatic carbocycles. The molecule has 1 aromatic rings. The first-order valence-corrected chi connectivity index (χ1v) is 8.19. The second-order valence-electron chi connectivity index (χ2n) is 6.51. The molecule has 4 nitrogen and oxygen atoms in total. The summed E-state index contributed by atoms with van der Waals surface area (Å²) in [5.74, 6) is -0.401. The molecule has 0 saturated heterocycles. The summed E-state index contributed by atoms with van der Waals surface area (Å²) in [7, 11) is 0. The summed E-state index contributed by atoms with van der Waals surface area (Å²) in [6.07, 6.45) is 9.43. The number of rotatable bonds is 8. The molecule has 3 N–H and O–H groups in total. The molecule has 4 heteroatoms. The summed E-state index contributed by atoms with van der Waals surface area (Å²) in [6.45, 7) is 4.55. The van der Waals surface area contributed by atoms with E-state index in [1.165, 1.54) is 5.56 Å². The van der Waals surface area contributed by atoms with Crippen LogP contribution in [0, 0.1) is 5.41 Å². The summed E-state index contributed by atoms with van der Waals surface area (Å²) >= 11 is 0. The monoisotopic (exact) mass is 314 g/mol. The Kier molecular flexibility index (Phi) is 5.37. The first kappa shape index (κ1) is 17.4. The van der Waals surface area contributed by atoms with E-state index in [0.717, 1.165) is 19.3 Å². The number of allylic oxidation sites excluding steroid dienone is 1. The van der Waals surface area contributed by atoms with Crippen molar-refractivity contribution in [1.29, 1.82) is 0 Å². The van der Waals surface area contributed by atoms with Gasteiger partial charge in [0, 0.05) is 18.4 Å². The molecule has 1 amide bonds. The zero-order valence-electron chi connectivity index (χ0n) is 14.0. The van der Waals surface area contributed by atoms with Crippen LogP contribution in [0.1, 0.15) is 49.0 Å². The second kappa shape index (κ2) is 7.09. The minimum absolute atomic E-state index is 0.0262. The number of hydrogen-bond donors (Lipinski definition) is 2. The van der Waals surface area contributed by atoms with Crippen LogP contribution in [0.2, 0.25) is 0 Å². The SMILES string of the molecule is CCC(C)(CCc1ccc(C(N)=O)cc1)C1(CCO)C=CC=N1. The Labute approximate surface area is 138 Å². The van der Waals surface area contributed by atoms with Gasteiger partial charge in [0.15, 0.2) is 0 Å². The number of nitrogens with two attached hydrogens (primary N) is 1. The van der Waals surface area contributed by atoms with E-state index in [1.807, 2.05) is 24.4 Å². The molecule has 2 atom stereocenters. The highest BCUT2D eigenvalue weighted by Crippen LogP contribution is 2.46. The fourth-order valence-corrected chi connectivity index (χ4v) is 3.35. The predicted molar refractivity (Wildman–Crippen MR) is 93.7 cm³/mol. The number of aliphatic hydroxyl groups is 1. The van der Waals surface area contributed by atoms with E-state index in [4.69, 9.17) is 10.7 Å². The first-order chi connectivity index (χ1) is 11.0. The Balaban J connectivity index is 2.13. The Bertz CT molecular complexity index is 592. The lowest BCUT2D eigenvalue weighted by atomic mass is 9.65. The van der Waals surface area contributed by atoms with Crippen molar-refractivity contribution in [1.82, 2.24) is 0 Å². The van der Waals surface area contributed by atoms with Gasteiger partial charge in [0.1, 0.15) is 0 Å². The van der Waals surface area contributed by atoms with Crippen molar-refractivity contribution in [3.8, 4) is 0 Å². The number of aliphatic imine (C=N–C) groups is 1. The number of nitrogens with zero attached hydrogens (tertiary/aromatic N) is 1. The van der Waals surface area contributed by atoms with Crippen LogP contribution >= 0.6 is 0 Å². The average molecular weight is 314 g/mol. The number of hydrogen-bond acceptors (Lipinski definition) is 3. The topological polar surface area (TPSA) is 75.7 Å². The molecule has 0 fully saturated rings. The van der Waals surface area contributed by atoms with Gasteiger partial charge >= 0.3 is 0 Å². The van der Waals surface area contributed by atoms with Crippen LogP contribution in [0.5, 0.6) is 0 Å². The average Bonchev–Trinajstić information content (AvgIpc) is 3.03. The zero-order chi connectivity index (χ0) is 16.9. The number of aryl methyl sites for hydroxylation is 1. The number of primary amides is 1. The highest BCUT2D eigenvalue weighted by atomic mass is 16.3. The van der Waals surface area contributed by atoms with E-state index >= 15 is 0 Å². The van der Waals surface area contributed by atoms with E-state index in [1.54, 1.807) is 12.1 Å².